The summed E-state index contributed by atoms with van der Waals surface area (Å²) in [6.45, 7) is 1.37. The number of nitrogens with one attached hydrogen (secondary N) is 1. The van der Waals surface area contributed by atoms with Crippen LogP contribution >= 0.6 is 0 Å². The van der Waals surface area contributed by atoms with E-state index in [0.29, 0.717) is 12.1 Å². The van der Waals surface area contributed by atoms with Gasteiger partial charge in [0, 0.05) is 25.8 Å². The van der Waals surface area contributed by atoms with Crippen molar-refractivity contribution in [3.63, 3.8) is 0 Å². The molecule has 1 N–H and O–H groups in total. The molecule has 0 heterocycles. The van der Waals surface area contributed by atoms with Gasteiger partial charge in [0.25, 0.3) is 0 Å². The second-order valence-electron chi connectivity index (χ2n) is 4.44. The maximum atomic E-state index is 13.3. The van der Waals surface area contributed by atoms with Crippen molar-refractivity contribution in [2.75, 3.05) is 13.7 Å². The van der Waals surface area contributed by atoms with Gasteiger partial charge in [0.1, 0.15) is 5.82 Å². The maximum absolute atomic E-state index is 13.3. The first-order chi connectivity index (χ1) is 7.76. The normalized spacial score (nSPS) is 18.1. The molecule has 0 aliphatic heterocycles. The Balaban J connectivity index is 1.82. The Morgan fingerprint density at radius 3 is 2.69 bits per heavy atom. The molecule has 0 radical (unpaired) electrons. The molecular weight excluding hydrogens is 205 g/mol. The van der Waals surface area contributed by atoms with Crippen molar-refractivity contribution in [3.8, 4) is 0 Å². The summed E-state index contributed by atoms with van der Waals surface area (Å²) in [5.74, 6) is -0.143. The zero-order chi connectivity index (χ0) is 11.4. The summed E-state index contributed by atoms with van der Waals surface area (Å²) in [6, 6.07) is 6.87. The minimum atomic E-state index is -0.143. The molecule has 2 rings (SSSR count). The molecule has 2 nitrogen and oxygen atoms in total. The standard InChI is InChI=1S/C13H18FNO/c1-16-13(7-4-8-13)10-15-9-11-5-2-3-6-12(11)14/h2-3,5-6,15H,4,7-10H2,1H3. The van der Waals surface area contributed by atoms with Crippen LogP contribution in [-0.2, 0) is 11.3 Å². The highest BCUT2D eigenvalue weighted by Gasteiger charge is 2.36. The van der Waals surface area contributed by atoms with Crippen LogP contribution in [0.2, 0.25) is 0 Å². The summed E-state index contributed by atoms with van der Waals surface area (Å²) in [7, 11) is 1.75. The summed E-state index contributed by atoms with van der Waals surface area (Å²) in [4.78, 5) is 0. The van der Waals surface area contributed by atoms with Gasteiger partial charge in [0.05, 0.1) is 5.60 Å². The van der Waals surface area contributed by atoms with E-state index in [1.54, 1.807) is 13.2 Å². The fraction of sp³-hybridized carbons (Fsp3) is 0.538. The van der Waals surface area contributed by atoms with Crippen LogP contribution in [0.1, 0.15) is 24.8 Å². The molecule has 0 atom stereocenters. The summed E-state index contributed by atoms with van der Waals surface area (Å²) >= 11 is 0. The number of ether oxygens (including phenoxy) is 1. The Hall–Kier alpha value is -0.930. The topological polar surface area (TPSA) is 21.3 Å². The highest BCUT2D eigenvalue weighted by Crippen LogP contribution is 2.34. The minimum Gasteiger partial charge on any atom is -0.377 e. The Kier molecular flexibility index (Phi) is 3.56. The van der Waals surface area contributed by atoms with Gasteiger partial charge in [-0.2, -0.15) is 0 Å². The van der Waals surface area contributed by atoms with E-state index in [0.717, 1.165) is 19.4 Å². The van der Waals surface area contributed by atoms with Crippen molar-refractivity contribution >= 4 is 0 Å². The van der Waals surface area contributed by atoms with E-state index >= 15 is 0 Å². The molecule has 0 spiro atoms. The molecule has 3 heteroatoms. The fourth-order valence-corrected chi connectivity index (χ4v) is 2.09. The number of methoxy groups -OCH3 is 1. The van der Waals surface area contributed by atoms with Crippen molar-refractivity contribution in [1.29, 1.82) is 0 Å². The van der Waals surface area contributed by atoms with Gasteiger partial charge in [-0.05, 0) is 25.3 Å². The van der Waals surface area contributed by atoms with Crippen LogP contribution in [0.4, 0.5) is 4.39 Å². The summed E-state index contributed by atoms with van der Waals surface area (Å²) in [5, 5.41) is 3.27. The monoisotopic (exact) mass is 223 g/mol. The van der Waals surface area contributed by atoms with E-state index in [1.807, 2.05) is 12.1 Å². The first-order valence-corrected chi connectivity index (χ1v) is 5.75. The van der Waals surface area contributed by atoms with Crippen molar-refractivity contribution in [3.05, 3.63) is 35.6 Å². The average Bonchev–Trinajstić information content (AvgIpc) is 2.25. The number of rotatable bonds is 5. The van der Waals surface area contributed by atoms with E-state index in [2.05, 4.69) is 5.32 Å². The first-order valence-electron chi connectivity index (χ1n) is 5.75. The highest BCUT2D eigenvalue weighted by atomic mass is 19.1. The van der Waals surface area contributed by atoms with Crippen LogP contribution in [0.25, 0.3) is 0 Å². The molecule has 0 amide bonds. The van der Waals surface area contributed by atoms with E-state index in [-0.39, 0.29) is 11.4 Å². The molecule has 1 saturated carbocycles. The molecule has 16 heavy (non-hydrogen) atoms. The quantitative estimate of drug-likeness (QED) is 0.828. The summed E-state index contributed by atoms with van der Waals surface area (Å²) in [6.07, 6.45) is 3.44. The number of halogens is 1. The number of benzene rings is 1. The largest absolute Gasteiger partial charge is 0.377 e. The molecule has 1 aromatic rings. The third-order valence-corrected chi connectivity index (χ3v) is 3.42. The predicted molar refractivity (Wildman–Crippen MR) is 61.7 cm³/mol. The van der Waals surface area contributed by atoms with Crippen LogP contribution in [-0.4, -0.2) is 19.3 Å². The molecule has 1 fully saturated rings. The molecule has 1 aliphatic rings. The van der Waals surface area contributed by atoms with Crippen LogP contribution in [0, 0.1) is 5.82 Å². The van der Waals surface area contributed by atoms with Gasteiger partial charge >= 0.3 is 0 Å². The Bertz CT molecular complexity index is 344. The average molecular weight is 223 g/mol. The zero-order valence-electron chi connectivity index (χ0n) is 9.63. The summed E-state index contributed by atoms with van der Waals surface area (Å²) < 4.78 is 18.8. The SMILES string of the molecule is COC1(CNCc2ccccc2F)CCC1. The molecule has 0 bridgehead atoms. The van der Waals surface area contributed by atoms with Gasteiger partial charge in [-0.25, -0.2) is 4.39 Å². The van der Waals surface area contributed by atoms with Gasteiger partial charge < -0.3 is 10.1 Å². The molecule has 1 aliphatic carbocycles. The van der Waals surface area contributed by atoms with Gasteiger partial charge in [-0.3, -0.25) is 0 Å². The Morgan fingerprint density at radius 2 is 2.12 bits per heavy atom. The van der Waals surface area contributed by atoms with Crippen LogP contribution in [0.15, 0.2) is 24.3 Å². The van der Waals surface area contributed by atoms with Crippen molar-refractivity contribution in [2.45, 2.75) is 31.4 Å². The van der Waals surface area contributed by atoms with Gasteiger partial charge in [0.2, 0.25) is 0 Å². The fourth-order valence-electron chi connectivity index (χ4n) is 2.09. The lowest BCUT2D eigenvalue weighted by molar-refractivity contribution is -0.0695. The molecule has 0 aromatic heterocycles. The highest BCUT2D eigenvalue weighted by molar-refractivity contribution is 5.17. The van der Waals surface area contributed by atoms with Crippen LogP contribution < -0.4 is 5.32 Å². The van der Waals surface area contributed by atoms with E-state index in [1.165, 1.54) is 12.5 Å². The third-order valence-electron chi connectivity index (χ3n) is 3.42. The lowest BCUT2D eigenvalue weighted by Gasteiger charge is -2.40. The van der Waals surface area contributed by atoms with Crippen LogP contribution in [0.3, 0.4) is 0 Å². The smallest absolute Gasteiger partial charge is 0.127 e. The second kappa shape index (κ2) is 4.93. The third kappa shape index (κ3) is 2.42. The van der Waals surface area contributed by atoms with E-state index in [9.17, 15) is 4.39 Å². The summed E-state index contributed by atoms with van der Waals surface area (Å²) in [5.41, 5.74) is 0.721. The maximum Gasteiger partial charge on any atom is 0.127 e. The Morgan fingerprint density at radius 1 is 1.38 bits per heavy atom. The van der Waals surface area contributed by atoms with E-state index < -0.39 is 0 Å². The molecule has 0 saturated heterocycles. The lowest BCUT2D eigenvalue weighted by atomic mass is 9.80. The first kappa shape index (κ1) is 11.6. The number of hydrogen-bond acceptors (Lipinski definition) is 2. The van der Waals surface area contributed by atoms with Gasteiger partial charge in [0.15, 0.2) is 0 Å². The number of hydrogen-bond donors (Lipinski definition) is 1. The van der Waals surface area contributed by atoms with Crippen molar-refractivity contribution < 1.29 is 9.13 Å². The van der Waals surface area contributed by atoms with Crippen molar-refractivity contribution in [2.24, 2.45) is 0 Å². The van der Waals surface area contributed by atoms with Crippen molar-refractivity contribution in [1.82, 2.24) is 5.32 Å². The Labute approximate surface area is 95.8 Å². The van der Waals surface area contributed by atoms with E-state index in [4.69, 9.17) is 4.74 Å². The van der Waals surface area contributed by atoms with Crippen LogP contribution in [0.5, 0.6) is 0 Å². The second-order valence-corrected chi connectivity index (χ2v) is 4.44. The zero-order valence-corrected chi connectivity index (χ0v) is 9.63. The molecule has 88 valence electrons. The molecular formula is C13H18FNO. The van der Waals surface area contributed by atoms with Gasteiger partial charge in [-0.15, -0.1) is 0 Å². The molecule has 0 unspecified atom stereocenters. The predicted octanol–water partition coefficient (Wildman–Crippen LogP) is 2.48. The molecule has 1 aromatic carbocycles. The lowest BCUT2D eigenvalue weighted by Crippen LogP contribution is -2.47. The van der Waals surface area contributed by atoms with Gasteiger partial charge in [-0.1, -0.05) is 18.2 Å². The minimum absolute atomic E-state index is 0.00521.